The number of sulfone groups is 1. The summed E-state index contributed by atoms with van der Waals surface area (Å²) in [6.45, 7) is 0.526. The minimum atomic E-state index is -3.89. The summed E-state index contributed by atoms with van der Waals surface area (Å²) in [6.07, 6.45) is 2.17. The normalized spacial score (nSPS) is 15.2. The number of oxazole rings is 1. The van der Waals surface area contributed by atoms with Crippen molar-refractivity contribution in [2.45, 2.75) is 18.1 Å². The molecule has 0 atom stereocenters. The number of nitrogen functional groups attached to an aromatic ring is 1. The van der Waals surface area contributed by atoms with E-state index in [2.05, 4.69) is 10.3 Å². The summed E-state index contributed by atoms with van der Waals surface area (Å²) >= 11 is 0. The molecule has 1 aromatic carbocycles. The van der Waals surface area contributed by atoms with E-state index in [1.54, 1.807) is 12.1 Å². The van der Waals surface area contributed by atoms with E-state index >= 15 is 0 Å². The molecule has 0 saturated heterocycles. The van der Waals surface area contributed by atoms with Gasteiger partial charge in [-0.15, -0.1) is 0 Å². The molecule has 0 aliphatic heterocycles. The second-order valence-corrected chi connectivity index (χ2v) is 7.08. The minimum Gasteiger partial charge on any atom is -0.428 e. The minimum absolute atomic E-state index is 0.321. The van der Waals surface area contributed by atoms with E-state index in [9.17, 15) is 13.2 Å². The first-order valence-electron chi connectivity index (χ1n) is 6.59. The molecule has 0 bridgehead atoms. The summed E-state index contributed by atoms with van der Waals surface area (Å²) in [5.74, 6) is -0.713. The number of fused-ring (bicyclic) bond motifs is 1. The standard InChI is InChI=1S/C13H15N3O4S/c14-9-3-4-11-10(5-9)16-13(20-11)21(18,19)7-12(17)15-6-8-1-2-8/h3-5,8H,1-2,6-7,14H2,(H,15,17). The van der Waals surface area contributed by atoms with Crippen LogP contribution in [0.1, 0.15) is 12.8 Å². The molecule has 3 rings (SSSR count). The van der Waals surface area contributed by atoms with Crippen molar-refractivity contribution in [3.63, 3.8) is 0 Å². The first-order valence-corrected chi connectivity index (χ1v) is 8.25. The zero-order valence-electron chi connectivity index (χ0n) is 11.2. The van der Waals surface area contributed by atoms with E-state index in [0.29, 0.717) is 29.2 Å². The third-order valence-corrected chi connectivity index (χ3v) is 4.61. The fraction of sp³-hybridized carbons (Fsp3) is 0.385. The first-order chi connectivity index (χ1) is 9.94. The molecule has 7 nitrogen and oxygen atoms in total. The number of rotatable bonds is 5. The van der Waals surface area contributed by atoms with E-state index in [0.717, 1.165) is 12.8 Å². The Morgan fingerprint density at radius 3 is 2.90 bits per heavy atom. The van der Waals surface area contributed by atoms with Crippen LogP contribution in [0, 0.1) is 5.92 Å². The van der Waals surface area contributed by atoms with Gasteiger partial charge in [0, 0.05) is 12.2 Å². The maximum Gasteiger partial charge on any atom is 0.316 e. The number of benzene rings is 1. The molecule has 112 valence electrons. The molecular weight excluding hydrogens is 294 g/mol. The van der Waals surface area contributed by atoms with Crippen molar-refractivity contribution in [3.8, 4) is 0 Å². The molecule has 1 aromatic heterocycles. The average Bonchev–Trinajstić information content (AvgIpc) is 3.13. The molecule has 21 heavy (non-hydrogen) atoms. The summed E-state index contributed by atoms with van der Waals surface area (Å²) in [7, 11) is -3.89. The van der Waals surface area contributed by atoms with Crippen molar-refractivity contribution in [1.29, 1.82) is 0 Å². The summed E-state index contributed by atoms with van der Waals surface area (Å²) < 4.78 is 29.4. The van der Waals surface area contributed by atoms with Gasteiger partial charge >= 0.3 is 5.22 Å². The Balaban J connectivity index is 1.76. The maximum absolute atomic E-state index is 12.1. The Bertz CT molecular complexity index is 793. The van der Waals surface area contributed by atoms with Gasteiger partial charge in [0.1, 0.15) is 11.3 Å². The van der Waals surface area contributed by atoms with Gasteiger partial charge in [0.15, 0.2) is 5.58 Å². The SMILES string of the molecule is Nc1ccc2oc(S(=O)(=O)CC(=O)NCC3CC3)nc2c1. The van der Waals surface area contributed by atoms with Gasteiger partial charge in [-0.2, -0.15) is 4.98 Å². The summed E-state index contributed by atoms with van der Waals surface area (Å²) in [6, 6.07) is 4.65. The number of nitrogens with one attached hydrogen (secondary N) is 1. The number of aromatic nitrogens is 1. The monoisotopic (exact) mass is 309 g/mol. The molecule has 0 spiro atoms. The van der Waals surface area contributed by atoms with E-state index in [-0.39, 0.29) is 0 Å². The van der Waals surface area contributed by atoms with Gasteiger partial charge in [-0.3, -0.25) is 4.79 Å². The van der Waals surface area contributed by atoms with Crippen molar-refractivity contribution in [1.82, 2.24) is 10.3 Å². The molecule has 0 unspecified atom stereocenters. The Morgan fingerprint density at radius 1 is 1.43 bits per heavy atom. The van der Waals surface area contributed by atoms with Crippen LogP contribution < -0.4 is 11.1 Å². The van der Waals surface area contributed by atoms with Crippen LogP contribution in [0.4, 0.5) is 5.69 Å². The van der Waals surface area contributed by atoms with Crippen LogP contribution in [0.2, 0.25) is 0 Å². The number of carbonyl (C=O) groups is 1. The number of nitrogens with zero attached hydrogens (tertiary/aromatic N) is 1. The summed E-state index contributed by atoms with van der Waals surface area (Å²) in [5.41, 5.74) is 6.74. The molecule has 2 aromatic rings. The van der Waals surface area contributed by atoms with Gasteiger partial charge in [-0.25, -0.2) is 8.42 Å². The molecule has 1 heterocycles. The van der Waals surface area contributed by atoms with Crippen LogP contribution in [0.25, 0.3) is 11.1 Å². The third kappa shape index (κ3) is 3.15. The van der Waals surface area contributed by atoms with E-state index in [4.69, 9.17) is 10.2 Å². The number of amides is 1. The molecule has 1 saturated carbocycles. The lowest BCUT2D eigenvalue weighted by Gasteiger charge is -2.02. The van der Waals surface area contributed by atoms with Gasteiger partial charge in [-0.1, -0.05) is 0 Å². The van der Waals surface area contributed by atoms with Crippen LogP contribution >= 0.6 is 0 Å². The van der Waals surface area contributed by atoms with Crippen LogP contribution in [0.5, 0.6) is 0 Å². The van der Waals surface area contributed by atoms with E-state index < -0.39 is 26.7 Å². The van der Waals surface area contributed by atoms with Crippen LogP contribution in [-0.4, -0.2) is 31.6 Å². The predicted molar refractivity (Wildman–Crippen MR) is 76.2 cm³/mol. The smallest absolute Gasteiger partial charge is 0.316 e. The summed E-state index contributed by atoms with van der Waals surface area (Å²) in [5, 5.41) is 2.15. The molecular formula is C13H15N3O4S. The van der Waals surface area contributed by atoms with E-state index in [1.807, 2.05) is 0 Å². The number of hydrogen-bond donors (Lipinski definition) is 2. The van der Waals surface area contributed by atoms with Crippen LogP contribution in [0.3, 0.4) is 0 Å². The number of anilines is 1. The molecule has 1 fully saturated rings. The maximum atomic E-state index is 12.1. The average molecular weight is 309 g/mol. The Morgan fingerprint density at radius 2 is 2.19 bits per heavy atom. The number of carbonyl (C=O) groups excluding carboxylic acids is 1. The van der Waals surface area contributed by atoms with Gasteiger partial charge < -0.3 is 15.5 Å². The van der Waals surface area contributed by atoms with Crippen molar-refractivity contribution in [2.75, 3.05) is 18.0 Å². The zero-order valence-corrected chi connectivity index (χ0v) is 12.0. The lowest BCUT2D eigenvalue weighted by atomic mass is 10.3. The highest BCUT2D eigenvalue weighted by atomic mass is 32.2. The molecule has 1 amide bonds. The lowest BCUT2D eigenvalue weighted by molar-refractivity contribution is -0.118. The Hall–Kier alpha value is -2.09. The number of nitrogens with two attached hydrogens (primary N) is 1. The Labute approximate surface area is 121 Å². The fourth-order valence-corrected chi connectivity index (χ4v) is 2.95. The van der Waals surface area contributed by atoms with Gasteiger partial charge in [0.2, 0.25) is 15.7 Å². The zero-order chi connectivity index (χ0) is 15.0. The second kappa shape index (κ2) is 5.03. The first kappa shape index (κ1) is 13.9. The van der Waals surface area contributed by atoms with Crippen molar-refractivity contribution in [2.24, 2.45) is 5.92 Å². The summed E-state index contributed by atoms with van der Waals surface area (Å²) in [4.78, 5) is 15.5. The van der Waals surface area contributed by atoms with Crippen LogP contribution in [0.15, 0.2) is 27.8 Å². The predicted octanol–water partition coefficient (Wildman–Crippen LogP) is 0.710. The third-order valence-electron chi connectivity index (χ3n) is 3.26. The highest BCUT2D eigenvalue weighted by Gasteiger charge is 2.27. The topological polar surface area (TPSA) is 115 Å². The molecule has 1 aliphatic rings. The molecule has 3 N–H and O–H groups in total. The Kier molecular flexibility index (Phi) is 3.32. The molecule has 1 aliphatic carbocycles. The number of hydrogen-bond acceptors (Lipinski definition) is 6. The van der Waals surface area contributed by atoms with Gasteiger partial charge in [0.25, 0.3) is 0 Å². The van der Waals surface area contributed by atoms with Gasteiger partial charge in [0.05, 0.1) is 0 Å². The molecule has 0 radical (unpaired) electrons. The lowest BCUT2D eigenvalue weighted by Crippen LogP contribution is -2.31. The van der Waals surface area contributed by atoms with Crippen molar-refractivity contribution in [3.05, 3.63) is 18.2 Å². The van der Waals surface area contributed by atoms with Crippen LogP contribution in [-0.2, 0) is 14.6 Å². The second-order valence-electron chi connectivity index (χ2n) is 5.21. The highest BCUT2D eigenvalue weighted by molar-refractivity contribution is 7.91. The highest BCUT2D eigenvalue weighted by Crippen LogP contribution is 2.27. The van der Waals surface area contributed by atoms with Crippen molar-refractivity contribution >= 4 is 32.5 Å². The quantitative estimate of drug-likeness (QED) is 0.786. The molecule has 8 heteroatoms. The van der Waals surface area contributed by atoms with Crippen molar-refractivity contribution < 1.29 is 17.6 Å². The fourth-order valence-electron chi connectivity index (χ4n) is 1.92. The van der Waals surface area contributed by atoms with Gasteiger partial charge in [-0.05, 0) is 37.0 Å². The van der Waals surface area contributed by atoms with E-state index in [1.165, 1.54) is 6.07 Å². The largest absolute Gasteiger partial charge is 0.428 e.